The first-order chi connectivity index (χ1) is 27.8. The maximum absolute atomic E-state index is 12.1. The van der Waals surface area contributed by atoms with Crippen molar-refractivity contribution in [2.24, 2.45) is 0 Å². The number of esters is 1. The van der Waals surface area contributed by atoms with Crippen LogP contribution in [0.25, 0.3) is 0 Å². The number of ether oxygens (including phenoxy) is 1. The molecule has 338 valence electrons. The Morgan fingerprint density at radius 1 is 0.526 bits per heavy atom. The van der Waals surface area contributed by atoms with Gasteiger partial charge in [0.15, 0.2) is 0 Å². The van der Waals surface area contributed by atoms with E-state index < -0.39 is 26.5 Å². The van der Waals surface area contributed by atoms with Crippen molar-refractivity contribution in [3.63, 3.8) is 0 Å². The molecule has 57 heavy (non-hydrogen) atoms. The Balaban J connectivity index is 3.53. The molecular weight excluding hydrogens is 737 g/mol. The van der Waals surface area contributed by atoms with Gasteiger partial charge < -0.3 is 20.1 Å². The molecule has 0 aliphatic carbocycles. The number of nitrogens with one attached hydrogen (secondary N) is 1. The molecule has 0 rings (SSSR count). The third kappa shape index (κ3) is 45.7. The van der Waals surface area contributed by atoms with Crippen LogP contribution in [0.2, 0.25) is 0 Å². The Morgan fingerprint density at radius 3 is 1.32 bits per heavy atom. The SMILES string of the molecule is CCCCCCCC/C=C\CCCCCCCC(=O)NCCOP(=O)(O)OCC(O)COC(=O)CCCCCCCCCCCCCCCCCCCCCCC. The molecule has 0 saturated carbocycles. The van der Waals surface area contributed by atoms with Crippen molar-refractivity contribution in [3.8, 4) is 0 Å². The van der Waals surface area contributed by atoms with E-state index >= 15 is 0 Å². The third-order valence-electron chi connectivity index (χ3n) is 10.7. The zero-order chi connectivity index (χ0) is 41.8. The summed E-state index contributed by atoms with van der Waals surface area (Å²) in [6.45, 7) is 3.58. The Kier molecular flexibility index (Phi) is 43.3. The molecule has 0 aromatic heterocycles. The maximum Gasteiger partial charge on any atom is 0.472 e. The van der Waals surface area contributed by atoms with Crippen molar-refractivity contribution in [3.05, 3.63) is 12.2 Å². The lowest BCUT2D eigenvalue weighted by atomic mass is 10.0. The summed E-state index contributed by atoms with van der Waals surface area (Å²) in [5.41, 5.74) is 0. The molecule has 0 radical (unpaired) electrons. The lowest BCUT2D eigenvalue weighted by Gasteiger charge is -2.15. The van der Waals surface area contributed by atoms with E-state index in [9.17, 15) is 24.2 Å². The molecule has 3 N–H and O–H groups in total. The van der Waals surface area contributed by atoms with Crippen LogP contribution in [0, 0.1) is 0 Å². The predicted molar refractivity (Wildman–Crippen MR) is 238 cm³/mol. The first kappa shape index (κ1) is 55.8. The first-order valence-electron chi connectivity index (χ1n) is 24.2. The summed E-state index contributed by atoms with van der Waals surface area (Å²) in [5, 5.41) is 12.7. The molecular formula is C47H92NO8P. The topological polar surface area (TPSA) is 131 Å². The van der Waals surface area contributed by atoms with Crippen LogP contribution in [-0.2, 0) is 27.9 Å². The number of aliphatic hydroxyl groups is 1. The normalized spacial score (nSPS) is 13.3. The van der Waals surface area contributed by atoms with E-state index in [1.54, 1.807) is 0 Å². The molecule has 2 unspecified atom stereocenters. The summed E-state index contributed by atoms with van der Waals surface area (Å²) in [6, 6.07) is 0. The van der Waals surface area contributed by atoms with Crippen LogP contribution in [0.3, 0.4) is 0 Å². The number of phosphoric acid groups is 1. The standard InChI is InChI=1S/C47H92NO8P/c1-3-5-7-9-11-13-15-17-19-20-21-22-23-24-26-28-30-32-34-36-38-40-47(51)54-43-45(49)44-56-57(52,53)55-42-41-48-46(50)39-37-35-33-31-29-27-25-18-16-14-12-10-8-6-4-2/h18,25,45,49H,3-17,19-24,26-44H2,1-2H3,(H,48,50)(H,52,53)/b25-18-. The van der Waals surface area contributed by atoms with Crippen LogP contribution in [0.4, 0.5) is 0 Å². The highest BCUT2D eigenvalue weighted by Gasteiger charge is 2.23. The second kappa shape index (κ2) is 44.3. The highest BCUT2D eigenvalue weighted by molar-refractivity contribution is 7.47. The minimum atomic E-state index is -4.42. The second-order valence-corrected chi connectivity index (χ2v) is 17.9. The van der Waals surface area contributed by atoms with Crippen molar-refractivity contribution in [1.29, 1.82) is 0 Å². The van der Waals surface area contributed by atoms with E-state index in [0.717, 1.165) is 44.9 Å². The number of aliphatic hydroxyl groups excluding tert-OH is 1. The highest BCUT2D eigenvalue weighted by Crippen LogP contribution is 2.42. The van der Waals surface area contributed by atoms with Gasteiger partial charge >= 0.3 is 13.8 Å². The molecule has 0 bridgehead atoms. The van der Waals surface area contributed by atoms with Crippen LogP contribution < -0.4 is 5.32 Å². The first-order valence-corrected chi connectivity index (χ1v) is 25.7. The average molecular weight is 830 g/mol. The van der Waals surface area contributed by atoms with Crippen molar-refractivity contribution >= 4 is 19.7 Å². The van der Waals surface area contributed by atoms with Crippen LogP contribution in [0.1, 0.15) is 245 Å². The lowest BCUT2D eigenvalue weighted by Crippen LogP contribution is -2.27. The van der Waals surface area contributed by atoms with Crippen molar-refractivity contribution in [1.82, 2.24) is 5.32 Å². The quantitative estimate of drug-likeness (QED) is 0.0239. The number of carbonyl (C=O) groups is 2. The maximum atomic E-state index is 12.1. The molecule has 2 atom stereocenters. The van der Waals surface area contributed by atoms with Gasteiger partial charge in [0.25, 0.3) is 0 Å². The zero-order valence-corrected chi connectivity index (χ0v) is 38.2. The largest absolute Gasteiger partial charge is 0.472 e. The average Bonchev–Trinajstić information content (AvgIpc) is 3.20. The van der Waals surface area contributed by atoms with Crippen LogP contribution in [0.15, 0.2) is 12.2 Å². The minimum Gasteiger partial charge on any atom is -0.463 e. The van der Waals surface area contributed by atoms with Gasteiger partial charge in [-0.3, -0.25) is 18.6 Å². The molecule has 0 aliphatic heterocycles. The molecule has 0 saturated heterocycles. The molecule has 0 fully saturated rings. The van der Waals surface area contributed by atoms with Gasteiger partial charge in [-0.2, -0.15) is 0 Å². The summed E-state index contributed by atoms with van der Waals surface area (Å²) in [6.07, 6.45) is 47.2. The molecule has 0 heterocycles. The van der Waals surface area contributed by atoms with Crippen LogP contribution in [0.5, 0.6) is 0 Å². The summed E-state index contributed by atoms with van der Waals surface area (Å²) in [5.74, 6) is -0.513. The number of unbranched alkanes of at least 4 members (excludes halogenated alkanes) is 31. The van der Waals surface area contributed by atoms with Gasteiger partial charge in [-0.1, -0.05) is 206 Å². The van der Waals surface area contributed by atoms with E-state index in [-0.39, 0.29) is 32.1 Å². The monoisotopic (exact) mass is 830 g/mol. The Bertz CT molecular complexity index is 948. The van der Waals surface area contributed by atoms with Gasteiger partial charge in [0.1, 0.15) is 12.7 Å². The van der Waals surface area contributed by atoms with E-state index in [4.69, 9.17) is 13.8 Å². The summed E-state index contributed by atoms with van der Waals surface area (Å²) >= 11 is 0. The smallest absolute Gasteiger partial charge is 0.463 e. The number of rotatable bonds is 46. The lowest BCUT2D eigenvalue weighted by molar-refractivity contribution is -0.147. The summed E-state index contributed by atoms with van der Waals surface area (Å²) < 4.78 is 26.9. The number of carbonyl (C=O) groups excluding carboxylic acids is 2. The van der Waals surface area contributed by atoms with Gasteiger partial charge in [-0.25, -0.2) is 4.57 Å². The van der Waals surface area contributed by atoms with Crippen molar-refractivity contribution in [2.75, 3.05) is 26.4 Å². The summed E-state index contributed by atoms with van der Waals surface area (Å²) in [4.78, 5) is 34.0. The number of hydrogen-bond acceptors (Lipinski definition) is 7. The Labute approximate surface area is 351 Å². The minimum absolute atomic E-state index is 0.0809. The second-order valence-electron chi connectivity index (χ2n) is 16.4. The van der Waals surface area contributed by atoms with Gasteiger partial charge in [0.05, 0.1) is 13.2 Å². The number of hydrogen-bond donors (Lipinski definition) is 3. The molecule has 0 aromatic rings. The van der Waals surface area contributed by atoms with Crippen molar-refractivity contribution < 1.29 is 37.9 Å². The molecule has 1 amide bonds. The molecule has 10 heteroatoms. The van der Waals surface area contributed by atoms with Gasteiger partial charge in [-0.15, -0.1) is 0 Å². The van der Waals surface area contributed by atoms with E-state index in [2.05, 4.69) is 31.3 Å². The molecule has 9 nitrogen and oxygen atoms in total. The molecule has 0 aromatic carbocycles. The van der Waals surface area contributed by atoms with Gasteiger partial charge in [-0.05, 0) is 38.5 Å². The highest BCUT2D eigenvalue weighted by atomic mass is 31.2. The molecule has 0 spiro atoms. The third-order valence-corrected chi connectivity index (χ3v) is 11.7. The fraction of sp³-hybridized carbons (Fsp3) is 0.915. The Morgan fingerprint density at radius 2 is 0.895 bits per heavy atom. The van der Waals surface area contributed by atoms with Gasteiger partial charge in [0, 0.05) is 19.4 Å². The summed E-state index contributed by atoms with van der Waals surface area (Å²) in [7, 11) is -4.42. The molecule has 0 aliphatic rings. The van der Waals surface area contributed by atoms with E-state index in [1.165, 1.54) is 173 Å². The zero-order valence-electron chi connectivity index (χ0n) is 37.3. The van der Waals surface area contributed by atoms with E-state index in [1.807, 2.05) is 0 Å². The fourth-order valence-corrected chi connectivity index (χ4v) is 7.78. The Hall–Kier alpha value is -1.25. The van der Waals surface area contributed by atoms with Crippen LogP contribution in [-0.4, -0.2) is 54.3 Å². The fourth-order valence-electron chi connectivity index (χ4n) is 7.02. The van der Waals surface area contributed by atoms with E-state index in [0.29, 0.717) is 6.42 Å². The predicted octanol–water partition coefficient (Wildman–Crippen LogP) is 13.8. The van der Waals surface area contributed by atoms with Gasteiger partial charge in [0.2, 0.25) is 5.91 Å². The van der Waals surface area contributed by atoms with Crippen LogP contribution >= 0.6 is 7.82 Å². The number of amides is 1. The number of allylic oxidation sites excluding steroid dienone is 2. The number of phosphoric ester groups is 1. The van der Waals surface area contributed by atoms with Crippen molar-refractivity contribution in [2.45, 2.75) is 251 Å².